The minimum atomic E-state index is 0.0863. The number of carbonyl (C=O) groups excluding carboxylic acids is 1. The van der Waals surface area contributed by atoms with Crippen LogP contribution in [0.4, 0.5) is 0 Å². The van der Waals surface area contributed by atoms with Gasteiger partial charge in [0.15, 0.2) is 0 Å². The molecule has 2 aromatic heterocycles. The third-order valence-electron chi connectivity index (χ3n) is 5.20. The third-order valence-corrected chi connectivity index (χ3v) is 5.43. The Labute approximate surface area is 181 Å². The van der Waals surface area contributed by atoms with Crippen molar-refractivity contribution >= 4 is 28.4 Å². The van der Waals surface area contributed by atoms with Crippen LogP contribution in [0.1, 0.15) is 24.0 Å². The summed E-state index contributed by atoms with van der Waals surface area (Å²) in [5.41, 5.74) is 5.31. The number of amides is 1. The number of aromatic amines is 1. The highest BCUT2D eigenvalue weighted by molar-refractivity contribution is 6.31. The van der Waals surface area contributed by atoms with Gasteiger partial charge in [-0.05, 0) is 60.7 Å². The summed E-state index contributed by atoms with van der Waals surface area (Å²) in [5.74, 6) is 0.0863. The predicted octanol–water partition coefficient (Wildman–Crippen LogP) is 5.56. The summed E-state index contributed by atoms with van der Waals surface area (Å²) in [6.07, 6.45) is 4.66. The number of aromatic nitrogens is 2. The molecule has 2 N–H and O–H groups in total. The van der Waals surface area contributed by atoms with Crippen LogP contribution in [0.3, 0.4) is 0 Å². The van der Waals surface area contributed by atoms with Crippen molar-refractivity contribution < 1.29 is 4.79 Å². The number of benzene rings is 2. The van der Waals surface area contributed by atoms with E-state index in [4.69, 9.17) is 11.6 Å². The zero-order valence-corrected chi connectivity index (χ0v) is 17.5. The van der Waals surface area contributed by atoms with Gasteiger partial charge in [-0.25, -0.2) is 0 Å². The number of aryl methyl sites for hydroxylation is 1. The van der Waals surface area contributed by atoms with Gasteiger partial charge in [0.25, 0.3) is 0 Å². The first-order chi connectivity index (χ1) is 14.7. The molecule has 0 spiro atoms. The Bertz CT molecular complexity index is 1120. The molecule has 0 aliphatic heterocycles. The molecule has 0 atom stereocenters. The smallest absolute Gasteiger partial charge is 0.220 e. The van der Waals surface area contributed by atoms with E-state index in [-0.39, 0.29) is 5.91 Å². The predicted molar refractivity (Wildman–Crippen MR) is 123 cm³/mol. The van der Waals surface area contributed by atoms with Gasteiger partial charge in [0.05, 0.1) is 11.4 Å². The largest absolute Gasteiger partial charge is 0.356 e. The zero-order valence-electron chi connectivity index (χ0n) is 16.7. The molecule has 0 saturated heterocycles. The van der Waals surface area contributed by atoms with Crippen LogP contribution in [-0.4, -0.2) is 22.4 Å². The van der Waals surface area contributed by atoms with E-state index < -0.39 is 0 Å². The van der Waals surface area contributed by atoms with E-state index in [0.29, 0.717) is 18.0 Å². The van der Waals surface area contributed by atoms with Crippen molar-refractivity contribution in [2.75, 3.05) is 6.54 Å². The van der Waals surface area contributed by atoms with Crippen molar-refractivity contribution in [1.29, 1.82) is 0 Å². The van der Waals surface area contributed by atoms with Crippen LogP contribution in [0.15, 0.2) is 72.9 Å². The van der Waals surface area contributed by atoms with Gasteiger partial charge in [-0.15, -0.1) is 0 Å². The molecule has 152 valence electrons. The summed E-state index contributed by atoms with van der Waals surface area (Å²) in [7, 11) is 0. The Morgan fingerprint density at radius 3 is 2.63 bits per heavy atom. The molecule has 0 radical (unpaired) electrons. The fourth-order valence-corrected chi connectivity index (χ4v) is 3.89. The molecule has 2 aromatic carbocycles. The van der Waals surface area contributed by atoms with Crippen LogP contribution < -0.4 is 5.32 Å². The van der Waals surface area contributed by atoms with Crippen LogP contribution >= 0.6 is 11.6 Å². The first-order valence-electron chi connectivity index (χ1n) is 10.2. The highest BCUT2D eigenvalue weighted by Crippen LogP contribution is 2.32. The molecular formula is C25H24ClN3O. The fourth-order valence-electron chi connectivity index (χ4n) is 3.71. The molecule has 4 nitrogen and oxygen atoms in total. The molecule has 0 unspecified atom stereocenters. The molecule has 4 rings (SSSR count). The number of carbonyl (C=O) groups is 1. The second-order valence-electron chi connectivity index (χ2n) is 7.32. The van der Waals surface area contributed by atoms with Gasteiger partial charge in [-0.1, -0.05) is 48.0 Å². The SMILES string of the molecule is O=C(CCCc1c(-c2ccccn2)[nH]c2ccc(Cl)cc12)NCCc1ccccc1. The number of nitrogens with zero attached hydrogens (tertiary/aromatic N) is 1. The second-order valence-corrected chi connectivity index (χ2v) is 7.76. The van der Waals surface area contributed by atoms with Crippen molar-refractivity contribution in [3.05, 3.63) is 89.1 Å². The number of H-pyrrole nitrogens is 1. The van der Waals surface area contributed by atoms with Crippen molar-refractivity contribution in [2.45, 2.75) is 25.7 Å². The topological polar surface area (TPSA) is 57.8 Å². The van der Waals surface area contributed by atoms with E-state index in [9.17, 15) is 4.79 Å². The Morgan fingerprint density at radius 2 is 1.83 bits per heavy atom. The molecule has 0 saturated carbocycles. The number of hydrogen-bond donors (Lipinski definition) is 2. The third kappa shape index (κ3) is 4.89. The average Bonchev–Trinajstić information content (AvgIpc) is 3.13. The maximum atomic E-state index is 12.3. The van der Waals surface area contributed by atoms with E-state index in [1.54, 1.807) is 6.20 Å². The second kappa shape index (κ2) is 9.59. The highest BCUT2D eigenvalue weighted by atomic mass is 35.5. The molecule has 4 aromatic rings. The monoisotopic (exact) mass is 417 g/mol. The summed E-state index contributed by atoms with van der Waals surface area (Å²) in [5, 5.41) is 4.82. The molecular weight excluding hydrogens is 394 g/mol. The van der Waals surface area contributed by atoms with Gasteiger partial charge in [0.2, 0.25) is 5.91 Å². The van der Waals surface area contributed by atoms with Gasteiger partial charge >= 0.3 is 0 Å². The number of halogens is 1. The molecule has 5 heteroatoms. The van der Waals surface area contributed by atoms with E-state index in [2.05, 4.69) is 27.4 Å². The van der Waals surface area contributed by atoms with Crippen molar-refractivity contribution in [3.8, 4) is 11.4 Å². The lowest BCUT2D eigenvalue weighted by Gasteiger charge is -2.07. The van der Waals surface area contributed by atoms with Gasteiger partial charge in [-0.2, -0.15) is 0 Å². The van der Waals surface area contributed by atoms with Crippen molar-refractivity contribution in [1.82, 2.24) is 15.3 Å². The quantitative estimate of drug-likeness (QED) is 0.394. The fraction of sp³-hybridized carbons (Fsp3) is 0.200. The van der Waals surface area contributed by atoms with Crippen LogP contribution in [0.2, 0.25) is 5.02 Å². The van der Waals surface area contributed by atoms with E-state index in [1.807, 2.05) is 54.6 Å². The Balaban J connectivity index is 1.40. The lowest BCUT2D eigenvalue weighted by molar-refractivity contribution is -0.121. The standard InChI is InChI=1S/C25H24ClN3O/c26-19-12-13-22-21(17-19)20(25(29-22)23-10-4-5-15-27-23)9-6-11-24(30)28-16-14-18-7-2-1-3-8-18/h1-5,7-8,10,12-13,15,17,29H,6,9,11,14,16H2,(H,28,30). The van der Waals surface area contributed by atoms with E-state index >= 15 is 0 Å². The van der Waals surface area contributed by atoms with Gasteiger partial charge in [0.1, 0.15) is 0 Å². The van der Waals surface area contributed by atoms with Crippen LogP contribution in [0, 0.1) is 0 Å². The number of hydrogen-bond acceptors (Lipinski definition) is 2. The van der Waals surface area contributed by atoms with Crippen molar-refractivity contribution in [2.24, 2.45) is 0 Å². The molecule has 0 bridgehead atoms. The number of nitrogens with one attached hydrogen (secondary N) is 2. The summed E-state index contributed by atoms with van der Waals surface area (Å²) in [6.45, 7) is 0.657. The summed E-state index contributed by atoms with van der Waals surface area (Å²) < 4.78 is 0. The lowest BCUT2D eigenvalue weighted by atomic mass is 10.0. The molecule has 0 aliphatic carbocycles. The maximum absolute atomic E-state index is 12.3. The van der Waals surface area contributed by atoms with E-state index in [1.165, 1.54) is 5.56 Å². The highest BCUT2D eigenvalue weighted by Gasteiger charge is 2.15. The molecule has 0 fully saturated rings. The van der Waals surface area contributed by atoms with Crippen molar-refractivity contribution in [3.63, 3.8) is 0 Å². The van der Waals surface area contributed by atoms with Crippen LogP contribution in [-0.2, 0) is 17.6 Å². The first-order valence-corrected chi connectivity index (χ1v) is 10.6. The summed E-state index contributed by atoms with van der Waals surface area (Å²) in [6, 6.07) is 21.9. The molecule has 0 aliphatic rings. The van der Waals surface area contributed by atoms with Crippen LogP contribution in [0.5, 0.6) is 0 Å². The van der Waals surface area contributed by atoms with Gasteiger partial charge in [-0.3, -0.25) is 9.78 Å². The molecule has 30 heavy (non-hydrogen) atoms. The van der Waals surface area contributed by atoms with E-state index in [0.717, 1.165) is 47.1 Å². The Hall–Kier alpha value is -3.11. The summed E-state index contributed by atoms with van der Waals surface area (Å²) in [4.78, 5) is 20.3. The maximum Gasteiger partial charge on any atom is 0.220 e. The first kappa shape index (κ1) is 20.2. The summed E-state index contributed by atoms with van der Waals surface area (Å²) >= 11 is 6.24. The number of rotatable bonds is 8. The normalized spacial score (nSPS) is 11.0. The minimum Gasteiger partial charge on any atom is -0.356 e. The Kier molecular flexibility index (Phi) is 6.45. The van der Waals surface area contributed by atoms with Crippen LogP contribution in [0.25, 0.3) is 22.3 Å². The molecule has 1 amide bonds. The Morgan fingerprint density at radius 1 is 1.00 bits per heavy atom. The number of fused-ring (bicyclic) bond motifs is 1. The van der Waals surface area contributed by atoms with Gasteiger partial charge in [0, 0.05) is 35.1 Å². The average molecular weight is 418 g/mol. The lowest BCUT2D eigenvalue weighted by Crippen LogP contribution is -2.25. The number of pyridine rings is 1. The minimum absolute atomic E-state index is 0.0863. The zero-order chi connectivity index (χ0) is 20.8. The van der Waals surface area contributed by atoms with Gasteiger partial charge < -0.3 is 10.3 Å². The molecule has 2 heterocycles.